The first-order chi connectivity index (χ1) is 8.59. The summed E-state index contributed by atoms with van der Waals surface area (Å²) in [4.78, 5) is 0.390. The first kappa shape index (κ1) is 13.8. The average Bonchev–Trinajstić information content (AvgIpc) is 2.62. The molecular weight excluding hydrogens is 356 g/mol. The third-order valence-corrected chi connectivity index (χ3v) is 5.08. The molecule has 1 aromatic carbocycles. The molecule has 0 bridgehead atoms. The van der Waals surface area contributed by atoms with Crippen molar-refractivity contribution in [3.8, 4) is 0 Å². The number of hydrogen-bond donors (Lipinski definition) is 0. The number of nitrogens with zero attached hydrogens (tertiary/aromatic N) is 2. The summed E-state index contributed by atoms with van der Waals surface area (Å²) in [6.07, 6.45) is 2.06. The summed E-state index contributed by atoms with van der Waals surface area (Å²) >= 11 is 7.36. The van der Waals surface area contributed by atoms with Gasteiger partial charge in [0, 0.05) is 11.9 Å². The Bertz CT molecular complexity index is 520. The SMILES string of the molecule is Cc1nn(C)c(CCC(Br)c2ccccc2)c1Br. The number of aryl methyl sites for hydroxylation is 2. The molecule has 0 spiro atoms. The molecule has 96 valence electrons. The number of alkyl halides is 1. The van der Waals surface area contributed by atoms with Crippen LogP contribution in [0.5, 0.6) is 0 Å². The van der Waals surface area contributed by atoms with Crippen LogP contribution in [-0.4, -0.2) is 9.78 Å². The maximum absolute atomic E-state index is 4.42. The summed E-state index contributed by atoms with van der Waals surface area (Å²) < 4.78 is 3.10. The van der Waals surface area contributed by atoms with E-state index < -0.39 is 0 Å². The van der Waals surface area contributed by atoms with Gasteiger partial charge in [-0.05, 0) is 41.3 Å². The Morgan fingerprint density at radius 1 is 1.28 bits per heavy atom. The highest BCUT2D eigenvalue weighted by Crippen LogP contribution is 2.30. The topological polar surface area (TPSA) is 17.8 Å². The smallest absolute Gasteiger partial charge is 0.0738 e. The number of aromatic nitrogens is 2. The third kappa shape index (κ3) is 3.04. The molecule has 0 fully saturated rings. The maximum atomic E-state index is 4.42. The second kappa shape index (κ2) is 6.02. The Hall–Kier alpha value is -0.610. The van der Waals surface area contributed by atoms with Gasteiger partial charge in [0.1, 0.15) is 0 Å². The van der Waals surface area contributed by atoms with Crippen molar-refractivity contribution in [2.45, 2.75) is 24.6 Å². The van der Waals surface area contributed by atoms with Crippen LogP contribution in [0.15, 0.2) is 34.8 Å². The predicted octanol–water partition coefficient (Wildman–Crippen LogP) is 4.56. The average molecular weight is 372 g/mol. The normalized spacial score (nSPS) is 12.7. The number of benzene rings is 1. The quantitative estimate of drug-likeness (QED) is 0.720. The van der Waals surface area contributed by atoms with Gasteiger partial charge in [-0.15, -0.1) is 0 Å². The van der Waals surface area contributed by atoms with Crippen LogP contribution in [0.2, 0.25) is 0 Å². The molecule has 1 aromatic heterocycles. The van der Waals surface area contributed by atoms with Gasteiger partial charge in [0.2, 0.25) is 0 Å². The number of halogens is 2. The lowest BCUT2D eigenvalue weighted by Crippen LogP contribution is -2.01. The van der Waals surface area contributed by atoms with Crippen LogP contribution in [0.1, 0.15) is 28.2 Å². The second-order valence-corrected chi connectivity index (χ2v) is 6.28. The molecule has 2 nitrogen and oxygen atoms in total. The Morgan fingerprint density at radius 2 is 1.94 bits per heavy atom. The van der Waals surface area contributed by atoms with E-state index in [4.69, 9.17) is 0 Å². The molecule has 0 amide bonds. The van der Waals surface area contributed by atoms with Gasteiger partial charge in [-0.2, -0.15) is 5.10 Å². The minimum Gasteiger partial charge on any atom is -0.271 e. The van der Waals surface area contributed by atoms with Gasteiger partial charge in [0.05, 0.1) is 15.9 Å². The molecule has 1 heterocycles. The molecule has 0 saturated carbocycles. The Kier molecular flexibility index (Phi) is 4.62. The molecule has 1 atom stereocenters. The van der Waals surface area contributed by atoms with Gasteiger partial charge in [-0.3, -0.25) is 4.68 Å². The monoisotopic (exact) mass is 370 g/mol. The lowest BCUT2D eigenvalue weighted by molar-refractivity contribution is 0.675. The highest BCUT2D eigenvalue weighted by Gasteiger charge is 2.13. The van der Waals surface area contributed by atoms with E-state index in [1.54, 1.807) is 0 Å². The van der Waals surface area contributed by atoms with Crippen LogP contribution >= 0.6 is 31.9 Å². The second-order valence-electron chi connectivity index (χ2n) is 4.39. The first-order valence-corrected chi connectivity index (χ1v) is 7.67. The van der Waals surface area contributed by atoms with Gasteiger partial charge < -0.3 is 0 Å². The summed E-state index contributed by atoms with van der Waals surface area (Å²) in [5.74, 6) is 0. The highest BCUT2D eigenvalue weighted by molar-refractivity contribution is 9.10. The number of rotatable bonds is 4. The van der Waals surface area contributed by atoms with E-state index in [2.05, 4.69) is 61.2 Å². The van der Waals surface area contributed by atoms with Crippen LogP contribution in [-0.2, 0) is 13.5 Å². The van der Waals surface area contributed by atoms with Crippen molar-refractivity contribution >= 4 is 31.9 Å². The van der Waals surface area contributed by atoms with Crippen LogP contribution in [0.4, 0.5) is 0 Å². The van der Waals surface area contributed by atoms with E-state index in [-0.39, 0.29) is 0 Å². The third-order valence-electron chi connectivity index (χ3n) is 3.06. The molecule has 18 heavy (non-hydrogen) atoms. The Balaban J connectivity index is 2.04. The van der Waals surface area contributed by atoms with E-state index >= 15 is 0 Å². The molecule has 0 N–H and O–H groups in total. The van der Waals surface area contributed by atoms with Crippen molar-refractivity contribution in [2.75, 3.05) is 0 Å². The fourth-order valence-corrected chi connectivity index (χ4v) is 3.11. The fraction of sp³-hybridized carbons (Fsp3) is 0.357. The van der Waals surface area contributed by atoms with Gasteiger partial charge in [0.15, 0.2) is 0 Å². The minimum absolute atomic E-state index is 0.390. The van der Waals surface area contributed by atoms with Gasteiger partial charge in [-0.25, -0.2) is 0 Å². The number of hydrogen-bond acceptors (Lipinski definition) is 1. The zero-order valence-electron chi connectivity index (χ0n) is 10.5. The molecule has 1 unspecified atom stereocenters. The molecule has 0 radical (unpaired) electrons. The maximum Gasteiger partial charge on any atom is 0.0738 e. The summed E-state index contributed by atoms with van der Waals surface area (Å²) in [6.45, 7) is 2.02. The standard InChI is InChI=1S/C14H16Br2N2/c1-10-14(16)13(18(2)17-10)9-8-12(15)11-6-4-3-5-7-11/h3-7,12H,8-9H2,1-2H3. The van der Waals surface area contributed by atoms with E-state index in [0.717, 1.165) is 23.0 Å². The van der Waals surface area contributed by atoms with Crippen molar-refractivity contribution < 1.29 is 0 Å². The van der Waals surface area contributed by atoms with Crippen LogP contribution in [0.25, 0.3) is 0 Å². The lowest BCUT2D eigenvalue weighted by Gasteiger charge is -2.10. The van der Waals surface area contributed by atoms with Crippen LogP contribution in [0.3, 0.4) is 0 Å². The van der Waals surface area contributed by atoms with Gasteiger partial charge >= 0.3 is 0 Å². The van der Waals surface area contributed by atoms with Crippen molar-refractivity contribution in [1.82, 2.24) is 9.78 Å². The van der Waals surface area contributed by atoms with E-state index in [1.807, 2.05) is 24.7 Å². The highest BCUT2D eigenvalue weighted by atomic mass is 79.9. The molecule has 0 aliphatic rings. The molecule has 4 heteroatoms. The first-order valence-electron chi connectivity index (χ1n) is 5.96. The zero-order chi connectivity index (χ0) is 13.1. The van der Waals surface area contributed by atoms with Crippen LogP contribution < -0.4 is 0 Å². The fourth-order valence-electron chi connectivity index (χ4n) is 2.04. The Morgan fingerprint density at radius 3 is 2.50 bits per heavy atom. The summed E-state index contributed by atoms with van der Waals surface area (Å²) in [6, 6.07) is 10.5. The Labute approximate surface area is 125 Å². The zero-order valence-corrected chi connectivity index (χ0v) is 13.7. The van der Waals surface area contributed by atoms with E-state index in [9.17, 15) is 0 Å². The summed E-state index contributed by atoms with van der Waals surface area (Å²) in [5, 5.41) is 4.42. The van der Waals surface area contributed by atoms with Crippen LogP contribution in [0, 0.1) is 6.92 Å². The van der Waals surface area contributed by atoms with Crippen molar-refractivity contribution in [2.24, 2.45) is 7.05 Å². The van der Waals surface area contributed by atoms with Crippen molar-refractivity contribution in [3.63, 3.8) is 0 Å². The summed E-state index contributed by atoms with van der Waals surface area (Å²) in [7, 11) is 2.00. The van der Waals surface area contributed by atoms with Gasteiger partial charge in [-0.1, -0.05) is 46.3 Å². The van der Waals surface area contributed by atoms with Gasteiger partial charge in [0.25, 0.3) is 0 Å². The molecular formula is C14H16Br2N2. The molecule has 0 aliphatic carbocycles. The molecule has 0 aliphatic heterocycles. The predicted molar refractivity (Wildman–Crippen MR) is 82.1 cm³/mol. The molecule has 2 rings (SSSR count). The lowest BCUT2D eigenvalue weighted by atomic mass is 10.1. The minimum atomic E-state index is 0.390. The van der Waals surface area contributed by atoms with Crippen molar-refractivity contribution in [1.29, 1.82) is 0 Å². The van der Waals surface area contributed by atoms with Crippen molar-refractivity contribution in [3.05, 3.63) is 51.8 Å². The van der Waals surface area contributed by atoms with E-state index in [0.29, 0.717) is 4.83 Å². The summed E-state index contributed by atoms with van der Waals surface area (Å²) in [5.41, 5.74) is 3.64. The largest absolute Gasteiger partial charge is 0.271 e. The molecule has 2 aromatic rings. The van der Waals surface area contributed by atoms with E-state index in [1.165, 1.54) is 11.3 Å². The molecule has 0 saturated heterocycles.